The number of aromatic nitrogens is 2. The molecule has 0 unspecified atom stereocenters. The number of halogens is 2. The lowest BCUT2D eigenvalue weighted by atomic mass is 9.80. The van der Waals surface area contributed by atoms with Gasteiger partial charge in [-0.2, -0.15) is 4.98 Å². The first kappa shape index (κ1) is 16.2. The lowest BCUT2D eigenvalue weighted by molar-refractivity contribution is 0.255. The van der Waals surface area contributed by atoms with E-state index in [1.165, 1.54) is 18.9 Å². The third-order valence-electron chi connectivity index (χ3n) is 4.88. The van der Waals surface area contributed by atoms with Crippen LogP contribution in [0.4, 0.5) is 4.39 Å². The van der Waals surface area contributed by atoms with E-state index in [-0.39, 0.29) is 36.0 Å². The maximum absolute atomic E-state index is 13.5. The van der Waals surface area contributed by atoms with Crippen molar-refractivity contribution in [3.05, 3.63) is 41.8 Å². The number of nitrogens with zero attached hydrogens (tertiary/aromatic N) is 2. The average Bonchev–Trinajstić information content (AvgIpc) is 3.21. The Balaban J connectivity index is 0.00000156. The van der Waals surface area contributed by atoms with E-state index >= 15 is 0 Å². The lowest BCUT2D eigenvalue weighted by Crippen LogP contribution is -2.31. The summed E-state index contributed by atoms with van der Waals surface area (Å²) in [6, 6.07) is 6.31. The number of benzene rings is 1. The Labute approximate surface area is 140 Å². The number of nitrogens with one attached hydrogen (secondary N) is 1. The summed E-state index contributed by atoms with van der Waals surface area (Å²) in [5, 5.41) is 7.43. The molecule has 2 aliphatic rings. The van der Waals surface area contributed by atoms with Crippen LogP contribution in [0.25, 0.3) is 0 Å². The van der Waals surface area contributed by atoms with Crippen molar-refractivity contribution < 1.29 is 13.7 Å². The van der Waals surface area contributed by atoms with Crippen molar-refractivity contribution in [3.8, 4) is 5.75 Å². The van der Waals surface area contributed by atoms with Gasteiger partial charge in [0.25, 0.3) is 0 Å². The first-order chi connectivity index (χ1) is 10.8. The maximum atomic E-state index is 13.5. The topological polar surface area (TPSA) is 60.2 Å². The highest BCUT2D eigenvalue weighted by atomic mass is 35.5. The largest absolute Gasteiger partial charge is 0.482 e. The van der Waals surface area contributed by atoms with Crippen molar-refractivity contribution >= 4 is 12.4 Å². The molecule has 2 fully saturated rings. The van der Waals surface area contributed by atoms with E-state index in [1.807, 2.05) is 0 Å². The van der Waals surface area contributed by atoms with Gasteiger partial charge in [0.2, 0.25) is 11.7 Å². The zero-order valence-electron chi connectivity index (χ0n) is 12.6. The Kier molecular flexibility index (Phi) is 4.55. The van der Waals surface area contributed by atoms with Crippen LogP contribution in [-0.2, 0) is 12.0 Å². The molecule has 1 aromatic carbocycles. The van der Waals surface area contributed by atoms with E-state index in [1.54, 1.807) is 18.2 Å². The summed E-state index contributed by atoms with van der Waals surface area (Å²) in [5.41, 5.74) is -0.0107. The number of ether oxygens (including phenoxy) is 1. The number of rotatable bonds is 4. The van der Waals surface area contributed by atoms with Crippen LogP contribution in [-0.4, -0.2) is 23.2 Å². The SMILES string of the molecule is Cl.Fc1ccccc1OCc1noc([C@@]23CCC[C@@H]2CNC3)n1. The van der Waals surface area contributed by atoms with Crippen molar-refractivity contribution in [1.29, 1.82) is 0 Å². The number of hydrogen-bond donors (Lipinski definition) is 1. The van der Waals surface area contributed by atoms with Gasteiger partial charge in [-0.15, -0.1) is 12.4 Å². The highest BCUT2D eigenvalue weighted by molar-refractivity contribution is 5.85. The molecule has 4 rings (SSSR count). The summed E-state index contributed by atoms with van der Waals surface area (Å²) in [6.45, 7) is 2.02. The van der Waals surface area contributed by atoms with Gasteiger partial charge in [0, 0.05) is 6.54 Å². The molecule has 2 atom stereocenters. The van der Waals surface area contributed by atoms with Gasteiger partial charge in [-0.05, 0) is 37.4 Å². The second-order valence-corrected chi connectivity index (χ2v) is 6.11. The fourth-order valence-electron chi connectivity index (χ4n) is 3.72. The van der Waals surface area contributed by atoms with Gasteiger partial charge < -0.3 is 14.6 Å². The fourth-order valence-corrected chi connectivity index (χ4v) is 3.72. The standard InChI is InChI=1S/C16H18FN3O2.ClH/c17-12-5-1-2-6-13(12)21-9-14-19-15(22-20-14)16-7-3-4-11(16)8-18-10-16;/h1-2,5-6,11,18H,3-4,7-10H2;1H/t11-,16-;/m1./s1. The average molecular weight is 340 g/mol. The summed E-state index contributed by atoms with van der Waals surface area (Å²) < 4.78 is 24.5. The molecule has 0 radical (unpaired) electrons. The Hall–Kier alpha value is -1.66. The molecule has 1 aliphatic carbocycles. The van der Waals surface area contributed by atoms with Crippen LogP contribution < -0.4 is 10.1 Å². The van der Waals surface area contributed by atoms with Crippen LogP contribution >= 0.6 is 12.4 Å². The molecule has 0 spiro atoms. The number of hydrogen-bond acceptors (Lipinski definition) is 5. The molecule has 1 aromatic heterocycles. The number of para-hydroxylation sites is 1. The summed E-state index contributed by atoms with van der Waals surface area (Å²) in [5.74, 6) is 1.56. The molecular weight excluding hydrogens is 321 g/mol. The quantitative estimate of drug-likeness (QED) is 0.928. The van der Waals surface area contributed by atoms with Gasteiger partial charge in [-0.25, -0.2) is 4.39 Å². The Morgan fingerprint density at radius 1 is 1.39 bits per heavy atom. The predicted octanol–water partition coefficient (Wildman–Crippen LogP) is 2.85. The van der Waals surface area contributed by atoms with Gasteiger partial charge in [-0.1, -0.05) is 23.7 Å². The second-order valence-electron chi connectivity index (χ2n) is 6.11. The first-order valence-electron chi connectivity index (χ1n) is 7.69. The Bertz CT molecular complexity index is 669. The number of fused-ring (bicyclic) bond motifs is 1. The molecule has 5 nitrogen and oxygen atoms in total. The molecule has 2 heterocycles. The molecule has 1 saturated heterocycles. The molecule has 7 heteroatoms. The third kappa shape index (κ3) is 2.81. The highest BCUT2D eigenvalue weighted by Gasteiger charge is 2.51. The first-order valence-corrected chi connectivity index (χ1v) is 7.69. The zero-order chi connectivity index (χ0) is 15.0. The normalized spacial score (nSPS) is 25.9. The van der Waals surface area contributed by atoms with Crippen molar-refractivity contribution in [3.63, 3.8) is 0 Å². The third-order valence-corrected chi connectivity index (χ3v) is 4.88. The van der Waals surface area contributed by atoms with Gasteiger partial charge in [-0.3, -0.25) is 0 Å². The van der Waals surface area contributed by atoms with E-state index in [0.717, 1.165) is 19.5 Å². The van der Waals surface area contributed by atoms with Crippen LogP contribution in [0.1, 0.15) is 31.0 Å². The van der Waals surface area contributed by atoms with Gasteiger partial charge in [0.1, 0.15) is 0 Å². The minimum Gasteiger partial charge on any atom is -0.482 e. The van der Waals surface area contributed by atoms with E-state index in [4.69, 9.17) is 9.26 Å². The minimum absolute atomic E-state index is 0. The van der Waals surface area contributed by atoms with Crippen LogP contribution in [0, 0.1) is 11.7 Å². The summed E-state index contributed by atoms with van der Waals surface area (Å²) in [4.78, 5) is 4.51. The molecule has 2 aromatic rings. The molecule has 124 valence electrons. The maximum Gasteiger partial charge on any atom is 0.234 e. The second kappa shape index (κ2) is 6.45. The lowest BCUT2D eigenvalue weighted by Gasteiger charge is -2.22. The van der Waals surface area contributed by atoms with Crippen LogP contribution in [0.15, 0.2) is 28.8 Å². The molecule has 1 N–H and O–H groups in total. The Morgan fingerprint density at radius 3 is 3.13 bits per heavy atom. The summed E-state index contributed by atoms with van der Waals surface area (Å²) >= 11 is 0. The summed E-state index contributed by atoms with van der Waals surface area (Å²) in [6.07, 6.45) is 3.49. The zero-order valence-corrected chi connectivity index (χ0v) is 13.4. The van der Waals surface area contributed by atoms with Crippen molar-refractivity contribution in [2.75, 3.05) is 13.1 Å². The fraction of sp³-hybridized carbons (Fsp3) is 0.500. The molecule has 0 amide bonds. The predicted molar refractivity (Wildman–Crippen MR) is 84.2 cm³/mol. The van der Waals surface area contributed by atoms with Crippen molar-refractivity contribution in [2.45, 2.75) is 31.3 Å². The van der Waals surface area contributed by atoms with Gasteiger partial charge in [0.05, 0.1) is 5.41 Å². The molecule has 23 heavy (non-hydrogen) atoms. The van der Waals surface area contributed by atoms with Crippen molar-refractivity contribution in [2.24, 2.45) is 5.92 Å². The monoisotopic (exact) mass is 339 g/mol. The Morgan fingerprint density at radius 2 is 2.26 bits per heavy atom. The molecule has 0 bridgehead atoms. The van der Waals surface area contributed by atoms with E-state index in [9.17, 15) is 4.39 Å². The van der Waals surface area contributed by atoms with E-state index in [0.29, 0.717) is 17.6 Å². The van der Waals surface area contributed by atoms with Crippen molar-refractivity contribution in [1.82, 2.24) is 15.5 Å². The van der Waals surface area contributed by atoms with Crippen LogP contribution in [0.3, 0.4) is 0 Å². The minimum atomic E-state index is -0.388. The van der Waals surface area contributed by atoms with Crippen LogP contribution in [0.5, 0.6) is 5.75 Å². The highest BCUT2D eigenvalue weighted by Crippen LogP contribution is 2.47. The molecule has 1 saturated carbocycles. The van der Waals surface area contributed by atoms with Gasteiger partial charge >= 0.3 is 0 Å². The van der Waals surface area contributed by atoms with E-state index < -0.39 is 0 Å². The van der Waals surface area contributed by atoms with E-state index in [2.05, 4.69) is 15.5 Å². The smallest absolute Gasteiger partial charge is 0.234 e. The molecule has 1 aliphatic heterocycles. The van der Waals surface area contributed by atoms with Crippen LogP contribution in [0.2, 0.25) is 0 Å². The van der Waals surface area contributed by atoms with Gasteiger partial charge in [0.15, 0.2) is 18.2 Å². The summed E-state index contributed by atoms with van der Waals surface area (Å²) in [7, 11) is 0. The molecular formula is C16H19ClFN3O2.